The van der Waals surface area contributed by atoms with E-state index in [9.17, 15) is 26.1 Å². The fraction of sp³-hybridized carbons (Fsp3) is 0.714. The van der Waals surface area contributed by atoms with Crippen LogP contribution in [-0.4, -0.2) is 48.7 Å². The molecule has 0 bridgehead atoms. The Balaban J connectivity index is 0.000000487. The van der Waals surface area contributed by atoms with Crippen LogP contribution in [0.5, 0.6) is 0 Å². The number of nitrogens with zero attached hydrogens (tertiary/aromatic N) is 2. The zero-order valence-corrected chi connectivity index (χ0v) is 9.62. The highest BCUT2D eigenvalue weighted by molar-refractivity contribution is 7.80. The lowest BCUT2D eigenvalue weighted by molar-refractivity contribution is -0.757. The first-order valence-corrected chi connectivity index (χ1v) is 5.66. The topological polar surface area (TPSA) is 60.4 Å². The number of hydrogen-bond donors (Lipinski definition) is 0. The molecule has 1 unspecified atom stereocenters. The first-order chi connectivity index (χ1) is 7.14. The van der Waals surface area contributed by atoms with Crippen molar-refractivity contribution in [1.82, 2.24) is 4.90 Å². The highest BCUT2D eigenvalue weighted by Crippen LogP contribution is 2.20. The summed E-state index contributed by atoms with van der Waals surface area (Å²) in [6.45, 7) is -1.51. The number of halogens is 3. The Hall–Kier alpha value is -0.800. The van der Waals surface area contributed by atoms with Gasteiger partial charge in [0.15, 0.2) is 6.67 Å². The summed E-state index contributed by atoms with van der Waals surface area (Å²) in [5.74, 6) is 0. The van der Waals surface area contributed by atoms with Crippen LogP contribution in [0.15, 0.2) is 12.4 Å². The maximum atomic E-state index is 10.9. The van der Waals surface area contributed by atoms with Gasteiger partial charge in [-0.15, -0.1) is 0 Å². The quantitative estimate of drug-likeness (QED) is 0.546. The van der Waals surface area contributed by atoms with E-state index in [1.165, 1.54) is 6.20 Å². The summed E-state index contributed by atoms with van der Waals surface area (Å²) in [5, 5.41) is 0. The average Bonchev–Trinajstić information content (AvgIpc) is 2.46. The molecule has 0 saturated carbocycles. The molecule has 0 saturated heterocycles. The van der Waals surface area contributed by atoms with Crippen LogP contribution in [-0.2, 0) is 10.3 Å². The van der Waals surface area contributed by atoms with Crippen molar-refractivity contribution < 1.29 is 30.0 Å². The molecule has 0 aliphatic carbocycles. The molecule has 0 fully saturated rings. The molecule has 96 valence electrons. The maximum Gasteiger partial charge on any atom is 0.379 e. The summed E-state index contributed by atoms with van der Waals surface area (Å²) < 4.78 is 61.1. The molecular formula is C7H13F3N2O3S. The summed E-state index contributed by atoms with van der Waals surface area (Å²) in [5.41, 5.74) is 0. The second kappa shape index (κ2) is 5.51. The first-order valence-electron chi connectivity index (χ1n) is 4.29. The van der Waals surface area contributed by atoms with Crippen molar-refractivity contribution >= 4 is 10.3 Å². The van der Waals surface area contributed by atoms with Crippen LogP contribution in [0, 0.1) is 0 Å². The van der Waals surface area contributed by atoms with E-state index in [-0.39, 0.29) is 13.2 Å². The molecule has 0 aromatic carbocycles. The Bertz CT molecular complexity index is 344. The number of hydrogen-bond acceptors (Lipinski definition) is 4. The highest BCUT2D eigenvalue weighted by Gasteiger charge is 2.35. The van der Waals surface area contributed by atoms with E-state index < -0.39 is 20.9 Å². The molecule has 1 rings (SSSR count). The molecule has 1 aliphatic heterocycles. The Morgan fingerprint density at radius 1 is 1.50 bits per heavy atom. The predicted octanol–water partition coefficient (Wildman–Crippen LogP) is 0.836. The molecule has 1 heterocycles. The van der Waals surface area contributed by atoms with Gasteiger partial charge in [0.1, 0.15) is 6.20 Å². The van der Waals surface area contributed by atoms with Crippen molar-refractivity contribution in [1.29, 1.82) is 0 Å². The van der Waals surface area contributed by atoms with E-state index in [1.807, 2.05) is 0 Å². The van der Waals surface area contributed by atoms with Crippen LogP contribution in [0.1, 0.15) is 6.92 Å². The van der Waals surface area contributed by atoms with Gasteiger partial charge in [0.25, 0.3) is 10.3 Å². The molecular weight excluding hydrogens is 249 g/mol. The minimum atomic E-state index is -4.29. The van der Waals surface area contributed by atoms with Gasteiger partial charge in [-0.3, -0.25) is 0 Å². The maximum absolute atomic E-state index is 10.9. The van der Waals surface area contributed by atoms with Gasteiger partial charge in [-0.05, 0) is 6.92 Å². The van der Waals surface area contributed by atoms with Crippen LogP contribution >= 0.6 is 0 Å². The third-order valence-corrected chi connectivity index (χ3v) is 3.42. The van der Waals surface area contributed by atoms with Gasteiger partial charge in [-0.2, -0.15) is 25.5 Å². The van der Waals surface area contributed by atoms with Crippen LogP contribution in [0.25, 0.3) is 0 Å². The standard InChI is InChI=1S/C6H12N2O3S.CHF3/c1-3-8(12(9,10)11)5-4-7(2)6-8;2-1(3)4/h4-5H,3,6H2,1-2H3;1H. The van der Waals surface area contributed by atoms with Crippen molar-refractivity contribution in [3.63, 3.8) is 0 Å². The molecule has 0 aromatic rings. The van der Waals surface area contributed by atoms with Crippen molar-refractivity contribution in [3.8, 4) is 0 Å². The summed E-state index contributed by atoms with van der Waals surface area (Å²) >= 11 is 0. The van der Waals surface area contributed by atoms with E-state index >= 15 is 0 Å². The normalized spacial score (nSPS) is 24.6. The molecule has 0 aromatic heterocycles. The molecule has 9 heteroatoms. The van der Waals surface area contributed by atoms with Gasteiger partial charge in [-0.1, -0.05) is 0 Å². The third-order valence-electron chi connectivity index (χ3n) is 2.04. The second-order valence-electron chi connectivity index (χ2n) is 3.14. The van der Waals surface area contributed by atoms with Crippen molar-refractivity contribution in [3.05, 3.63) is 12.4 Å². The van der Waals surface area contributed by atoms with Crippen LogP contribution in [0.4, 0.5) is 13.2 Å². The molecule has 5 nitrogen and oxygen atoms in total. The molecule has 1 aliphatic rings. The zero-order valence-electron chi connectivity index (χ0n) is 8.81. The highest BCUT2D eigenvalue weighted by atomic mass is 32.2. The Kier molecular flexibility index (Phi) is 5.23. The van der Waals surface area contributed by atoms with Gasteiger partial charge in [0.05, 0.1) is 12.7 Å². The van der Waals surface area contributed by atoms with E-state index in [0.29, 0.717) is 0 Å². The van der Waals surface area contributed by atoms with Crippen LogP contribution in [0.3, 0.4) is 0 Å². The molecule has 1 atom stereocenters. The molecule has 0 spiro atoms. The number of rotatable bonds is 2. The molecule has 0 N–H and O–H groups in total. The van der Waals surface area contributed by atoms with Crippen molar-refractivity contribution in [2.75, 3.05) is 20.3 Å². The SMILES string of the molecule is CC[N+]1(S(=O)(=O)[O-])C=CN(C)C1.FC(F)F. The molecule has 0 amide bonds. The summed E-state index contributed by atoms with van der Waals surface area (Å²) in [7, 11) is -2.55. The lowest BCUT2D eigenvalue weighted by Crippen LogP contribution is -2.48. The lowest BCUT2D eigenvalue weighted by Gasteiger charge is -2.31. The Labute approximate surface area is 92.2 Å². The average molecular weight is 262 g/mol. The third kappa shape index (κ3) is 3.99. The van der Waals surface area contributed by atoms with E-state index in [1.54, 1.807) is 25.1 Å². The fourth-order valence-electron chi connectivity index (χ4n) is 1.22. The summed E-state index contributed by atoms with van der Waals surface area (Å²) in [6.07, 6.45) is 3.03. The number of quaternary nitrogens is 1. The van der Waals surface area contributed by atoms with Gasteiger partial charge in [0, 0.05) is 7.05 Å². The van der Waals surface area contributed by atoms with Gasteiger partial charge >= 0.3 is 6.68 Å². The minimum Gasteiger partial charge on any atom is -0.701 e. The van der Waals surface area contributed by atoms with Gasteiger partial charge < -0.3 is 9.45 Å². The van der Waals surface area contributed by atoms with E-state index in [4.69, 9.17) is 0 Å². The van der Waals surface area contributed by atoms with Crippen molar-refractivity contribution in [2.24, 2.45) is 0 Å². The predicted molar refractivity (Wildman–Crippen MR) is 49.4 cm³/mol. The zero-order chi connectivity index (χ0) is 13.0. The largest absolute Gasteiger partial charge is 0.701 e. The first kappa shape index (κ1) is 15.2. The second-order valence-corrected chi connectivity index (χ2v) is 4.72. The van der Waals surface area contributed by atoms with E-state index in [0.717, 1.165) is 0 Å². The minimum absolute atomic E-state index is 0.211. The summed E-state index contributed by atoms with van der Waals surface area (Å²) in [4.78, 5) is 1.68. The van der Waals surface area contributed by atoms with E-state index in [2.05, 4.69) is 0 Å². The molecule has 16 heavy (non-hydrogen) atoms. The van der Waals surface area contributed by atoms with Crippen LogP contribution in [0.2, 0.25) is 0 Å². The summed E-state index contributed by atoms with van der Waals surface area (Å²) in [6, 6.07) is 0. The Morgan fingerprint density at radius 3 is 2.06 bits per heavy atom. The van der Waals surface area contributed by atoms with Crippen LogP contribution < -0.4 is 0 Å². The van der Waals surface area contributed by atoms with Gasteiger partial charge in [0.2, 0.25) is 0 Å². The Morgan fingerprint density at radius 2 is 1.94 bits per heavy atom. The molecule has 0 radical (unpaired) electrons. The lowest BCUT2D eigenvalue weighted by atomic mass is 10.6. The monoisotopic (exact) mass is 262 g/mol. The number of alkyl halides is 3. The fourth-order valence-corrected chi connectivity index (χ4v) is 2.06. The smallest absolute Gasteiger partial charge is 0.379 e. The van der Waals surface area contributed by atoms with Gasteiger partial charge in [-0.25, -0.2) is 0 Å². The van der Waals surface area contributed by atoms with Crippen molar-refractivity contribution in [2.45, 2.75) is 13.6 Å².